The van der Waals surface area contributed by atoms with Gasteiger partial charge in [0, 0.05) is 24.5 Å². The van der Waals surface area contributed by atoms with Gasteiger partial charge in [-0.2, -0.15) is 5.10 Å². The van der Waals surface area contributed by atoms with Gasteiger partial charge in [0.05, 0.1) is 12.8 Å². The average molecular weight is 334 g/mol. The van der Waals surface area contributed by atoms with Crippen molar-refractivity contribution in [2.45, 2.75) is 12.3 Å². The van der Waals surface area contributed by atoms with Crippen molar-refractivity contribution in [1.82, 2.24) is 14.8 Å². The molecule has 126 valence electrons. The molecule has 1 aliphatic rings. The van der Waals surface area contributed by atoms with E-state index in [2.05, 4.69) is 15.4 Å². The molecule has 25 heavy (non-hydrogen) atoms. The van der Waals surface area contributed by atoms with Gasteiger partial charge in [0.15, 0.2) is 5.82 Å². The van der Waals surface area contributed by atoms with Crippen LogP contribution in [0.15, 0.2) is 61.1 Å². The highest BCUT2D eigenvalue weighted by Gasteiger charge is 2.45. The third-order valence-corrected chi connectivity index (χ3v) is 4.43. The van der Waals surface area contributed by atoms with Gasteiger partial charge >= 0.3 is 0 Å². The van der Waals surface area contributed by atoms with Crippen molar-refractivity contribution in [3.8, 4) is 11.6 Å². The minimum absolute atomic E-state index is 0.00249. The van der Waals surface area contributed by atoms with E-state index in [9.17, 15) is 4.79 Å². The molecule has 0 bridgehead atoms. The number of pyridine rings is 1. The first kappa shape index (κ1) is 15.4. The van der Waals surface area contributed by atoms with Gasteiger partial charge in [-0.05, 0) is 42.2 Å². The number of hydrogen-bond donors (Lipinski definition) is 1. The molecule has 0 saturated heterocycles. The fraction of sp³-hybridized carbons (Fsp3) is 0.211. The molecule has 1 aliphatic carbocycles. The monoisotopic (exact) mass is 334 g/mol. The lowest BCUT2D eigenvalue weighted by Gasteiger charge is -2.10. The fourth-order valence-electron chi connectivity index (χ4n) is 3.10. The zero-order valence-corrected chi connectivity index (χ0v) is 13.8. The Morgan fingerprint density at radius 2 is 2.08 bits per heavy atom. The zero-order chi connectivity index (χ0) is 17.2. The second-order valence-corrected chi connectivity index (χ2v) is 6.01. The maximum Gasteiger partial charge on any atom is 0.228 e. The number of nitrogens with zero attached hydrogens (tertiary/aromatic N) is 3. The summed E-state index contributed by atoms with van der Waals surface area (Å²) in [6, 6.07) is 13.3. The normalized spacial score (nSPS) is 18.6. The first-order valence-electron chi connectivity index (χ1n) is 8.16. The highest BCUT2D eigenvalue weighted by molar-refractivity contribution is 5.96. The number of carbonyl (C=O) groups is 1. The molecule has 1 amide bonds. The molecule has 3 aromatic rings. The van der Waals surface area contributed by atoms with Crippen LogP contribution in [0, 0.1) is 5.92 Å². The maximum atomic E-state index is 12.7. The first-order chi connectivity index (χ1) is 12.3. The predicted molar refractivity (Wildman–Crippen MR) is 93.8 cm³/mol. The number of anilines is 1. The Kier molecular flexibility index (Phi) is 3.93. The lowest BCUT2D eigenvalue weighted by Crippen LogP contribution is -2.17. The standard InChI is InChI=1S/C19H18N4O2/c1-25-17-8-3-2-6-13(17)14-12-15(14)19(24)22-16-7-4-9-20-18(16)23-11-5-10-21-23/h2-11,14-15H,12H2,1H3,(H,22,24). The van der Waals surface area contributed by atoms with Gasteiger partial charge in [0.1, 0.15) is 5.75 Å². The van der Waals surface area contributed by atoms with E-state index < -0.39 is 0 Å². The largest absolute Gasteiger partial charge is 0.496 e. The first-order valence-corrected chi connectivity index (χ1v) is 8.16. The van der Waals surface area contributed by atoms with Crippen LogP contribution in [0.4, 0.5) is 5.69 Å². The van der Waals surface area contributed by atoms with Crippen LogP contribution in [-0.2, 0) is 4.79 Å². The summed E-state index contributed by atoms with van der Waals surface area (Å²) in [6.45, 7) is 0. The van der Waals surface area contributed by atoms with E-state index in [4.69, 9.17) is 4.74 Å². The SMILES string of the molecule is COc1ccccc1C1CC1C(=O)Nc1cccnc1-n1cccn1. The molecule has 4 rings (SSSR count). The number of amides is 1. The van der Waals surface area contributed by atoms with Gasteiger partial charge in [-0.1, -0.05) is 18.2 Å². The number of benzene rings is 1. The summed E-state index contributed by atoms with van der Waals surface area (Å²) in [5.74, 6) is 1.58. The molecule has 6 nitrogen and oxygen atoms in total. The van der Waals surface area contributed by atoms with Gasteiger partial charge < -0.3 is 10.1 Å². The van der Waals surface area contributed by atoms with E-state index in [1.165, 1.54) is 0 Å². The van der Waals surface area contributed by atoms with Gasteiger partial charge in [-0.25, -0.2) is 9.67 Å². The van der Waals surface area contributed by atoms with Crippen LogP contribution in [-0.4, -0.2) is 27.8 Å². The zero-order valence-electron chi connectivity index (χ0n) is 13.8. The molecule has 1 fully saturated rings. The van der Waals surface area contributed by atoms with E-state index >= 15 is 0 Å². The van der Waals surface area contributed by atoms with Crippen LogP contribution in [0.25, 0.3) is 5.82 Å². The van der Waals surface area contributed by atoms with Crippen molar-refractivity contribution in [1.29, 1.82) is 0 Å². The van der Waals surface area contributed by atoms with Crippen LogP contribution in [0.5, 0.6) is 5.75 Å². The second kappa shape index (κ2) is 6.39. The molecule has 0 aliphatic heterocycles. The molecule has 6 heteroatoms. The Morgan fingerprint density at radius 3 is 2.88 bits per heavy atom. The van der Waals surface area contributed by atoms with Crippen LogP contribution in [0.2, 0.25) is 0 Å². The molecular weight excluding hydrogens is 316 g/mol. The van der Waals surface area contributed by atoms with Crippen LogP contribution in [0.1, 0.15) is 17.9 Å². The van der Waals surface area contributed by atoms with Crippen LogP contribution < -0.4 is 10.1 Å². The maximum absolute atomic E-state index is 12.7. The van der Waals surface area contributed by atoms with E-state index in [1.807, 2.05) is 36.4 Å². The summed E-state index contributed by atoms with van der Waals surface area (Å²) >= 11 is 0. The van der Waals surface area contributed by atoms with Crippen molar-refractivity contribution < 1.29 is 9.53 Å². The molecule has 2 heterocycles. The number of nitrogens with one attached hydrogen (secondary N) is 1. The summed E-state index contributed by atoms with van der Waals surface area (Å²) in [4.78, 5) is 17.0. The number of carbonyl (C=O) groups excluding carboxylic acids is 1. The van der Waals surface area contributed by atoms with Gasteiger partial charge in [0.25, 0.3) is 0 Å². The lowest BCUT2D eigenvalue weighted by atomic mass is 10.1. The minimum Gasteiger partial charge on any atom is -0.496 e. The number of hydrogen-bond acceptors (Lipinski definition) is 4. The lowest BCUT2D eigenvalue weighted by molar-refractivity contribution is -0.117. The molecule has 1 saturated carbocycles. The summed E-state index contributed by atoms with van der Waals surface area (Å²) in [5, 5.41) is 7.18. The molecule has 0 radical (unpaired) electrons. The van der Waals surface area contributed by atoms with Gasteiger partial charge in [-0.15, -0.1) is 0 Å². The highest BCUT2D eigenvalue weighted by atomic mass is 16.5. The molecule has 1 N–H and O–H groups in total. The van der Waals surface area contributed by atoms with E-state index in [-0.39, 0.29) is 17.7 Å². The Labute approximate surface area is 145 Å². The molecule has 0 spiro atoms. The number of rotatable bonds is 5. The van der Waals surface area contributed by atoms with Crippen molar-refractivity contribution in [3.63, 3.8) is 0 Å². The number of ether oxygens (including phenoxy) is 1. The second-order valence-electron chi connectivity index (χ2n) is 6.01. The third-order valence-electron chi connectivity index (χ3n) is 4.43. The summed E-state index contributed by atoms with van der Waals surface area (Å²) in [5.41, 5.74) is 1.74. The summed E-state index contributed by atoms with van der Waals surface area (Å²) in [7, 11) is 1.66. The number of aromatic nitrogens is 3. The number of methoxy groups -OCH3 is 1. The van der Waals surface area contributed by atoms with Gasteiger partial charge in [-0.3, -0.25) is 4.79 Å². The summed E-state index contributed by atoms with van der Waals surface area (Å²) < 4.78 is 7.05. The topological polar surface area (TPSA) is 69.0 Å². The number of para-hydroxylation sites is 1. The van der Waals surface area contributed by atoms with E-state index in [0.29, 0.717) is 11.5 Å². The van der Waals surface area contributed by atoms with Gasteiger partial charge in [0.2, 0.25) is 5.91 Å². The van der Waals surface area contributed by atoms with Crippen molar-refractivity contribution in [2.24, 2.45) is 5.92 Å². The van der Waals surface area contributed by atoms with E-state index in [0.717, 1.165) is 17.7 Å². The van der Waals surface area contributed by atoms with E-state index in [1.54, 1.807) is 36.4 Å². The van der Waals surface area contributed by atoms with Crippen molar-refractivity contribution >= 4 is 11.6 Å². The molecule has 2 unspecified atom stereocenters. The van der Waals surface area contributed by atoms with Crippen molar-refractivity contribution in [3.05, 3.63) is 66.6 Å². The Bertz CT molecular complexity index is 892. The average Bonchev–Trinajstić information content (AvgIpc) is 3.27. The minimum atomic E-state index is -0.0537. The predicted octanol–water partition coefficient (Wildman–Crippen LogP) is 3.02. The van der Waals surface area contributed by atoms with Crippen molar-refractivity contribution in [2.75, 3.05) is 12.4 Å². The Hall–Kier alpha value is -3.15. The quantitative estimate of drug-likeness (QED) is 0.779. The Morgan fingerprint density at radius 1 is 1.20 bits per heavy atom. The third kappa shape index (κ3) is 2.98. The molecule has 1 aromatic carbocycles. The molecule has 2 atom stereocenters. The molecular formula is C19H18N4O2. The van der Waals surface area contributed by atoms with Crippen LogP contribution in [0.3, 0.4) is 0 Å². The summed E-state index contributed by atoms with van der Waals surface area (Å²) in [6.07, 6.45) is 5.98. The smallest absolute Gasteiger partial charge is 0.228 e. The highest BCUT2D eigenvalue weighted by Crippen LogP contribution is 2.50. The fourth-order valence-corrected chi connectivity index (χ4v) is 3.10. The Balaban J connectivity index is 1.51. The van der Waals surface area contributed by atoms with Crippen LogP contribution >= 0.6 is 0 Å². The molecule has 2 aromatic heterocycles.